The number of hydrogen-bond acceptors (Lipinski definition) is 2. The van der Waals surface area contributed by atoms with E-state index in [-0.39, 0.29) is 34.8 Å². The number of nitrogens with zero attached hydrogens (tertiary/aromatic N) is 1. The van der Waals surface area contributed by atoms with E-state index in [4.69, 9.17) is 4.74 Å². The number of fused-ring (bicyclic) bond motifs is 2. The molecule has 0 aromatic rings. The maximum Gasteiger partial charge on any atom is 0.234 e. The predicted octanol–water partition coefficient (Wildman–Crippen LogP) is 4.57. The van der Waals surface area contributed by atoms with Gasteiger partial charge in [-0.25, -0.2) is 0 Å². The van der Waals surface area contributed by atoms with E-state index in [1.54, 1.807) is 0 Å². The fourth-order valence-corrected chi connectivity index (χ4v) is 6.13. The molecule has 2 bridgehead atoms. The molecule has 3 aliphatic rings. The molecule has 2 fully saturated rings. The van der Waals surface area contributed by atoms with Crippen LogP contribution in [0.15, 0.2) is 21.8 Å². The van der Waals surface area contributed by atoms with Crippen LogP contribution in [0.5, 0.6) is 0 Å². The molecular weight excluding hydrogens is 413 g/mol. The van der Waals surface area contributed by atoms with Crippen LogP contribution < -0.4 is 0 Å². The smallest absolute Gasteiger partial charge is 0.234 e. The van der Waals surface area contributed by atoms with Crippen molar-refractivity contribution in [3.8, 4) is 0 Å². The Labute approximate surface area is 160 Å². The van der Waals surface area contributed by atoms with Crippen molar-refractivity contribution in [3.05, 3.63) is 21.8 Å². The van der Waals surface area contributed by atoms with Gasteiger partial charge in [0.05, 0.1) is 18.1 Å². The van der Waals surface area contributed by atoms with Crippen LogP contribution in [0.4, 0.5) is 0 Å². The summed E-state index contributed by atoms with van der Waals surface area (Å²) in [6.45, 7) is 12.8. The minimum Gasteiger partial charge on any atom is -0.376 e. The van der Waals surface area contributed by atoms with Crippen LogP contribution in [0.3, 0.4) is 0 Å². The lowest BCUT2D eigenvalue weighted by Gasteiger charge is -2.43. The average Bonchev–Trinajstić information content (AvgIpc) is 3.09. The van der Waals surface area contributed by atoms with Gasteiger partial charge < -0.3 is 9.64 Å². The van der Waals surface area contributed by atoms with Gasteiger partial charge in [0.25, 0.3) is 0 Å². The summed E-state index contributed by atoms with van der Waals surface area (Å²) >= 11 is 2.30. The van der Waals surface area contributed by atoms with Crippen LogP contribution >= 0.6 is 22.6 Å². The van der Waals surface area contributed by atoms with Crippen LogP contribution in [0.1, 0.15) is 47.5 Å². The number of allylic oxidation sites excluding steroid dienone is 2. The quantitative estimate of drug-likeness (QED) is 0.583. The lowest BCUT2D eigenvalue weighted by atomic mass is 9.70. The number of carbonyl (C=O) groups excluding carboxylic acids is 1. The highest BCUT2D eigenvalue weighted by Gasteiger charge is 2.68. The summed E-state index contributed by atoms with van der Waals surface area (Å²) in [7, 11) is 0. The maximum absolute atomic E-state index is 13.3. The van der Waals surface area contributed by atoms with Gasteiger partial charge in [-0.05, 0) is 60.6 Å². The third-order valence-corrected chi connectivity index (χ3v) is 8.21. The molecule has 3 nitrogen and oxygen atoms in total. The number of rotatable bonds is 5. The van der Waals surface area contributed by atoms with Crippen molar-refractivity contribution in [1.82, 2.24) is 4.90 Å². The summed E-state index contributed by atoms with van der Waals surface area (Å²) in [6, 6.07) is 0.203. The van der Waals surface area contributed by atoms with Gasteiger partial charge in [0.1, 0.15) is 0 Å². The van der Waals surface area contributed by atoms with Gasteiger partial charge in [0.15, 0.2) is 0 Å². The van der Waals surface area contributed by atoms with Crippen molar-refractivity contribution in [2.75, 3.05) is 13.2 Å². The third kappa shape index (κ3) is 2.43. The summed E-state index contributed by atoms with van der Waals surface area (Å²) < 4.78 is 7.40. The van der Waals surface area contributed by atoms with E-state index in [1.165, 1.54) is 12.8 Å². The fourth-order valence-electron chi connectivity index (χ4n) is 5.45. The maximum atomic E-state index is 13.3. The Morgan fingerprint density at radius 2 is 2.08 bits per heavy atom. The van der Waals surface area contributed by atoms with E-state index in [0.717, 1.165) is 10.1 Å². The van der Waals surface area contributed by atoms with Gasteiger partial charge >= 0.3 is 0 Å². The van der Waals surface area contributed by atoms with E-state index < -0.39 is 0 Å². The highest BCUT2D eigenvalue weighted by molar-refractivity contribution is 14.1. The molecule has 1 unspecified atom stereocenters. The van der Waals surface area contributed by atoms with Crippen molar-refractivity contribution < 1.29 is 9.53 Å². The molecule has 0 aliphatic heterocycles. The van der Waals surface area contributed by atoms with Gasteiger partial charge in [0.2, 0.25) is 5.91 Å². The second kappa shape index (κ2) is 6.42. The van der Waals surface area contributed by atoms with E-state index in [2.05, 4.69) is 62.1 Å². The van der Waals surface area contributed by atoms with Gasteiger partial charge in [0, 0.05) is 22.1 Å². The normalized spacial score (nSPS) is 39.3. The monoisotopic (exact) mass is 443 g/mol. The zero-order chi connectivity index (χ0) is 17.7. The Balaban J connectivity index is 1.94. The summed E-state index contributed by atoms with van der Waals surface area (Å²) in [5.41, 5.74) is 0.361. The number of hydrogen-bond donors (Lipinski definition) is 0. The standard InChI is InChI=1S/C20H30INO2/c1-6-22(18(23)13-9-8-10-15(13)21)16-14-11-12-20(5,19(14,3)4)17(16)24-7-2/h8-10,13-14,16-17H,6-7,11-12H2,1-5H3/t13?,14-,16-,17-,20+/m1/s1. The first kappa shape index (κ1) is 18.4. The molecular formula is C20H30INO2. The molecule has 0 heterocycles. The fraction of sp³-hybridized carbons (Fsp3) is 0.750. The van der Waals surface area contributed by atoms with E-state index in [1.807, 2.05) is 18.2 Å². The minimum atomic E-state index is -0.0946. The lowest BCUT2D eigenvalue weighted by molar-refractivity contribution is -0.142. The molecule has 0 spiro atoms. The van der Waals surface area contributed by atoms with Gasteiger partial charge in [-0.15, -0.1) is 0 Å². The molecule has 0 aromatic carbocycles. The summed E-state index contributed by atoms with van der Waals surface area (Å²) in [4.78, 5) is 15.4. The zero-order valence-corrected chi connectivity index (χ0v) is 17.7. The first-order chi connectivity index (χ1) is 11.3. The number of carbonyl (C=O) groups is 1. The highest BCUT2D eigenvalue weighted by atomic mass is 127. The second-order valence-electron chi connectivity index (χ2n) is 8.19. The van der Waals surface area contributed by atoms with Crippen LogP contribution in [0.2, 0.25) is 0 Å². The number of likely N-dealkylation sites (N-methyl/N-ethyl adjacent to an activating group) is 1. The summed E-state index contributed by atoms with van der Waals surface area (Å²) in [5, 5.41) is 0. The summed E-state index contributed by atoms with van der Waals surface area (Å²) in [5.74, 6) is 0.673. The second-order valence-corrected chi connectivity index (χ2v) is 9.43. The molecule has 24 heavy (non-hydrogen) atoms. The Morgan fingerprint density at radius 1 is 1.38 bits per heavy atom. The van der Waals surface area contributed by atoms with Gasteiger partial charge in [-0.2, -0.15) is 0 Å². The molecule has 3 rings (SSSR count). The van der Waals surface area contributed by atoms with Crippen molar-refractivity contribution in [1.29, 1.82) is 0 Å². The summed E-state index contributed by atoms with van der Waals surface area (Å²) in [6.07, 6.45) is 8.63. The van der Waals surface area contributed by atoms with Crippen LogP contribution in [-0.4, -0.2) is 36.1 Å². The van der Waals surface area contributed by atoms with Crippen molar-refractivity contribution in [2.45, 2.75) is 59.6 Å². The molecule has 0 aromatic heterocycles. The average molecular weight is 443 g/mol. The lowest BCUT2D eigenvalue weighted by Crippen LogP contribution is -2.54. The largest absolute Gasteiger partial charge is 0.376 e. The first-order valence-electron chi connectivity index (χ1n) is 9.25. The number of ether oxygens (including phenoxy) is 1. The number of amides is 1. The third-order valence-electron chi connectivity index (χ3n) is 7.18. The first-order valence-corrected chi connectivity index (χ1v) is 10.3. The molecule has 4 heteroatoms. The molecule has 134 valence electrons. The zero-order valence-electron chi connectivity index (χ0n) is 15.5. The molecule has 2 saturated carbocycles. The topological polar surface area (TPSA) is 29.5 Å². The number of halogens is 1. The Morgan fingerprint density at radius 3 is 2.62 bits per heavy atom. The Hall–Kier alpha value is -0.360. The predicted molar refractivity (Wildman–Crippen MR) is 106 cm³/mol. The van der Waals surface area contributed by atoms with Gasteiger partial charge in [-0.3, -0.25) is 4.79 Å². The Kier molecular flexibility index (Phi) is 4.93. The molecule has 1 amide bonds. The van der Waals surface area contributed by atoms with E-state index in [0.29, 0.717) is 12.5 Å². The van der Waals surface area contributed by atoms with Crippen molar-refractivity contribution in [3.63, 3.8) is 0 Å². The van der Waals surface area contributed by atoms with Crippen molar-refractivity contribution >= 4 is 28.5 Å². The molecule has 3 aliphatic carbocycles. The Bertz CT molecular complexity index is 582. The SMILES string of the molecule is CCO[C@@H]1[C@H](N(CC)C(=O)C2C=CC=C2I)[C@H]2CC[C@]1(C)C2(C)C. The van der Waals surface area contributed by atoms with Crippen LogP contribution in [0.25, 0.3) is 0 Å². The van der Waals surface area contributed by atoms with Crippen LogP contribution in [0, 0.1) is 22.7 Å². The minimum absolute atomic E-state index is 0.0946. The van der Waals surface area contributed by atoms with Crippen LogP contribution in [-0.2, 0) is 9.53 Å². The van der Waals surface area contributed by atoms with E-state index in [9.17, 15) is 4.79 Å². The molecule has 0 N–H and O–H groups in total. The molecule has 0 saturated heterocycles. The van der Waals surface area contributed by atoms with Crippen molar-refractivity contribution in [2.24, 2.45) is 22.7 Å². The molecule has 5 atom stereocenters. The van der Waals surface area contributed by atoms with Gasteiger partial charge in [-0.1, -0.05) is 39.0 Å². The highest BCUT2D eigenvalue weighted by Crippen LogP contribution is 2.67. The molecule has 0 radical (unpaired) electrons. The van der Waals surface area contributed by atoms with E-state index >= 15 is 0 Å².